The highest BCUT2D eigenvalue weighted by Gasteiger charge is 2.37. The third-order valence-electron chi connectivity index (χ3n) is 3.00. The number of imide groups is 1. The predicted molar refractivity (Wildman–Crippen MR) is 64.4 cm³/mol. The molecule has 0 radical (unpaired) electrons. The lowest BCUT2D eigenvalue weighted by molar-refractivity contribution is -0.137. The van der Waals surface area contributed by atoms with E-state index in [2.05, 4.69) is 5.32 Å². The van der Waals surface area contributed by atoms with Crippen LogP contribution < -0.4 is 11.1 Å². The number of likely N-dealkylation sites (N-methyl/N-ethyl adjacent to an activating group) is 1. The number of likely N-dealkylation sites (tertiary alicyclic amines) is 1. The molecule has 1 aromatic rings. The van der Waals surface area contributed by atoms with Crippen molar-refractivity contribution < 1.29 is 23.2 Å². The molecule has 1 heterocycles. The molecular formula is C12H11F2N3O3. The second-order valence-electron chi connectivity index (χ2n) is 4.38. The van der Waals surface area contributed by atoms with Crippen molar-refractivity contribution in [1.29, 1.82) is 0 Å². The zero-order chi connectivity index (χ0) is 15.0. The number of benzene rings is 1. The number of nitrogen functional groups attached to an aromatic ring is 1. The van der Waals surface area contributed by atoms with Gasteiger partial charge in [-0.05, 0) is 12.1 Å². The summed E-state index contributed by atoms with van der Waals surface area (Å²) in [5.74, 6) is -4.02. The Balaban J connectivity index is 2.22. The van der Waals surface area contributed by atoms with Crippen molar-refractivity contribution in [2.75, 3.05) is 12.8 Å². The number of anilines is 1. The van der Waals surface area contributed by atoms with E-state index < -0.39 is 46.6 Å². The number of hydrogen-bond acceptors (Lipinski definition) is 4. The van der Waals surface area contributed by atoms with Gasteiger partial charge in [-0.2, -0.15) is 0 Å². The second-order valence-corrected chi connectivity index (χ2v) is 4.38. The van der Waals surface area contributed by atoms with Gasteiger partial charge in [0, 0.05) is 7.05 Å². The molecule has 0 spiro atoms. The molecule has 0 aromatic heterocycles. The van der Waals surface area contributed by atoms with Crippen LogP contribution in [0.1, 0.15) is 16.8 Å². The van der Waals surface area contributed by atoms with E-state index in [0.717, 1.165) is 11.0 Å². The van der Waals surface area contributed by atoms with Gasteiger partial charge in [-0.1, -0.05) is 0 Å². The fraction of sp³-hybridized carbons (Fsp3) is 0.250. The Hall–Kier alpha value is -2.51. The summed E-state index contributed by atoms with van der Waals surface area (Å²) in [6.07, 6.45) is -0.215. The smallest absolute Gasteiger partial charge is 0.255 e. The maximum absolute atomic E-state index is 13.6. The van der Waals surface area contributed by atoms with Crippen LogP contribution in [0.5, 0.6) is 0 Å². The number of nitrogens with one attached hydrogen (secondary N) is 1. The fourth-order valence-electron chi connectivity index (χ4n) is 1.88. The summed E-state index contributed by atoms with van der Waals surface area (Å²) in [5, 5.41) is 2.19. The average Bonchev–Trinajstić information content (AvgIpc) is 2.61. The Morgan fingerprint density at radius 3 is 2.60 bits per heavy atom. The van der Waals surface area contributed by atoms with Crippen molar-refractivity contribution in [2.45, 2.75) is 12.5 Å². The summed E-state index contributed by atoms with van der Waals surface area (Å²) in [5.41, 5.74) is 4.09. The Labute approximate surface area is 112 Å². The van der Waals surface area contributed by atoms with Crippen LogP contribution in [0, 0.1) is 11.6 Å². The minimum absolute atomic E-state index is 0.215. The number of hydrogen-bond donors (Lipinski definition) is 2. The standard InChI is InChI=1S/C12H11F2N3O3/c1-17-9(18)4-8(12(17)20)16-11(19)6-2-5(13)3-7(15)10(6)14/h2-3,8H,4,15H2,1H3,(H,16,19). The molecule has 6 nitrogen and oxygen atoms in total. The average molecular weight is 283 g/mol. The highest BCUT2D eigenvalue weighted by Crippen LogP contribution is 2.18. The van der Waals surface area contributed by atoms with Crippen LogP contribution >= 0.6 is 0 Å². The molecule has 2 rings (SSSR count). The first-order valence-electron chi connectivity index (χ1n) is 5.67. The molecule has 0 aliphatic carbocycles. The van der Waals surface area contributed by atoms with Gasteiger partial charge in [-0.15, -0.1) is 0 Å². The Kier molecular flexibility index (Phi) is 3.39. The van der Waals surface area contributed by atoms with Gasteiger partial charge in [0.2, 0.25) is 5.91 Å². The van der Waals surface area contributed by atoms with Crippen LogP contribution in [0.3, 0.4) is 0 Å². The number of halogens is 2. The van der Waals surface area contributed by atoms with Crippen molar-refractivity contribution in [3.8, 4) is 0 Å². The number of rotatable bonds is 2. The minimum Gasteiger partial charge on any atom is -0.396 e. The molecule has 1 unspecified atom stereocenters. The van der Waals surface area contributed by atoms with Gasteiger partial charge < -0.3 is 11.1 Å². The van der Waals surface area contributed by atoms with E-state index in [-0.39, 0.29) is 6.42 Å². The lowest BCUT2D eigenvalue weighted by atomic mass is 10.1. The number of carbonyl (C=O) groups excluding carboxylic acids is 3. The molecule has 106 valence electrons. The summed E-state index contributed by atoms with van der Waals surface area (Å²) >= 11 is 0. The van der Waals surface area contributed by atoms with E-state index in [4.69, 9.17) is 5.73 Å². The fourth-order valence-corrected chi connectivity index (χ4v) is 1.88. The molecular weight excluding hydrogens is 272 g/mol. The molecule has 3 N–H and O–H groups in total. The van der Waals surface area contributed by atoms with E-state index >= 15 is 0 Å². The number of nitrogens with zero attached hydrogens (tertiary/aromatic N) is 1. The van der Waals surface area contributed by atoms with Gasteiger partial charge in [0.25, 0.3) is 11.8 Å². The second kappa shape index (κ2) is 4.87. The van der Waals surface area contributed by atoms with Gasteiger partial charge in [0.05, 0.1) is 17.7 Å². The van der Waals surface area contributed by atoms with Crippen LogP contribution in [0.4, 0.5) is 14.5 Å². The van der Waals surface area contributed by atoms with E-state index in [1.807, 2.05) is 0 Å². The predicted octanol–water partition coefficient (Wildman–Crippen LogP) is 0.0341. The molecule has 0 saturated carbocycles. The normalized spacial score (nSPS) is 18.6. The van der Waals surface area contributed by atoms with Gasteiger partial charge in [0.15, 0.2) is 5.82 Å². The van der Waals surface area contributed by atoms with Gasteiger partial charge in [-0.3, -0.25) is 19.3 Å². The summed E-state index contributed by atoms with van der Waals surface area (Å²) in [6.45, 7) is 0. The molecule has 1 atom stereocenters. The monoisotopic (exact) mass is 283 g/mol. The van der Waals surface area contributed by atoms with Crippen LogP contribution in [0.25, 0.3) is 0 Å². The first kappa shape index (κ1) is 13.9. The van der Waals surface area contributed by atoms with Crippen molar-refractivity contribution in [3.63, 3.8) is 0 Å². The highest BCUT2D eigenvalue weighted by molar-refractivity contribution is 6.08. The third kappa shape index (κ3) is 2.31. The zero-order valence-corrected chi connectivity index (χ0v) is 10.4. The van der Waals surface area contributed by atoms with Gasteiger partial charge >= 0.3 is 0 Å². The molecule has 0 bridgehead atoms. The molecule has 1 aliphatic rings. The van der Waals surface area contributed by atoms with Gasteiger partial charge in [-0.25, -0.2) is 8.78 Å². The van der Waals surface area contributed by atoms with Crippen molar-refractivity contribution >= 4 is 23.4 Å². The Morgan fingerprint density at radius 1 is 1.40 bits per heavy atom. The van der Waals surface area contributed by atoms with Crippen molar-refractivity contribution in [2.24, 2.45) is 0 Å². The minimum atomic E-state index is -1.08. The maximum Gasteiger partial charge on any atom is 0.255 e. The Bertz CT molecular complexity index is 618. The van der Waals surface area contributed by atoms with Crippen LogP contribution in [-0.4, -0.2) is 35.7 Å². The van der Waals surface area contributed by atoms with Crippen molar-refractivity contribution in [3.05, 3.63) is 29.3 Å². The number of carbonyl (C=O) groups is 3. The Morgan fingerprint density at radius 2 is 2.05 bits per heavy atom. The molecule has 1 aliphatic heterocycles. The lowest BCUT2D eigenvalue weighted by Crippen LogP contribution is -2.41. The topological polar surface area (TPSA) is 92.5 Å². The number of nitrogens with two attached hydrogens (primary N) is 1. The molecule has 1 saturated heterocycles. The maximum atomic E-state index is 13.6. The molecule has 3 amide bonds. The van der Waals surface area contributed by atoms with E-state index in [0.29, 0.717) is 6.07 Å². The van der Waals surface area contributed by atoms with E-state index in [1.54, 1.807) is 0 Å². The first-order valence-corrected chi connectivity index (χ1v) is 5.67. The van der Waals surface area contributed by atoms with Crippen LogP contribution in [0.2, 0.25) is 0 Å². The molecule has 20 heavy (non-hydrogen) atoms. The lowest BCUT2D eigenvalue weighted by Gasteiger charge is -2.12. The molecule has 1 aromatic carbocycles. The summed E-state index contributed by atoms with van der Waals surface area (Å²) < 4.78 is 26.8. The van der Waals surface area contributed by atoms with Crippen LogP contribution in [-0.2, 0) is 9.59 Å². The quantitative estimate of drug-likeness (QED) is 0.592. The van der Waals surface area contributed by atoms with Crippen molar-refractivity contribution in [1.82, 2.24) is 10.2 Å². The first-order chi connectivity index (χ1) is 9.31. The SMILES string of the molecule is CN1C(=O)CC(NC(=O)c2cc(F)cc(N)c2F)C1=O. The number of amides is 3. The van der Waals surface area contributed by atoms with Crippen LogP contribution in [0.15, 0.2) is 12.1 Å². The highest BCUT2D eigenvalue weighted by atomic mass is 19.1. The summed E-state index contributed by atoms with van der Waals surface area (Å²) in [6, 6.07) is 0.333. The summed E-state index contributed by atoms with van der Waals surface area (Å²) in [4.78, 5) is 35.6. The zero-order valence-electron chi connectivity index (χ0n) is 10.4. The van der Waals surface area contributed by atoms with E-state index in [9.17, 15) is 23.2 Å². The van der Waals surface area contributed by atoms with E-state index in [1.165, 1.54) is 7.05 Å². The largest absolute Gasteiger partial charge is 0.396 e. The molecule has 8 heteroatoms. The van der Waals surface area contributed by atoms with Gasteiger partial charge in [0.1, 0.15) is 11.9 Å². The summed E-state index contributed by atoms with van der Waals surface area (Å²) in [7, 11) is 1.28. The third-order valence-corrected chi connectivity index (χ3v) is 3.00. The molecule has 1 fully saturated rings.